The van der Waals surface area contributed by atoms with Crippen molar-refractivity contribution in [2.45, 2.75) is 25.8 Å². The van der Waals surface area contributed by atoms with Gasteiger partial charge in [-0.15, -0.1) is 0 Å². The molecule has 6 heteroatoms. The zero-order chi connectivity index (χ0) is 17.6. The average Bonchev–Trinajstić information content (AvgIpc) is 3.05. The van der Waals surface area contributed by atoms with Crippen molar-refractivity contribution in [3.05, 3.63) is 82.5 Å². The number of aromatic nitrogens is 2. The Morgan fingerprint density at radius 2 is 1.88 bits per heavy atom. The normalized spacial score (nSPS) is 11.9. The lowest BCUT2D eigenvalue weighted by Crippen LogP contribution is -2.25. The van der Waals surface area contributed by atoms with Crippen LogP contribution >= 0.6 is 11.6 Å². The summed E-state index contributed by atoms with van der Waals surface area (Å²) in [5, 5.41) is 7.26. The minimum absolute atomic E-state index is 0.101. The molecule has 1 amide bonds. The van der Waals surface area contributed by atoms with Crippen LogP contribution in [0, 0.1) is 6.92 Å². The van der Waals surface area contributed by atoms with Crippen LogP contribution in [0.15, 0.2) is 59.1 Å². The monoisotopic (exact) mass is 355 g/mol. The average molecular weight is 356 g/mol. The summed E-state index contributed by atoms with van der Waals surface area (Å²) in [4.78, 5) is 16.5. The molecule has 1 N–H and O–H groups in total. The maximum atomic E-state index is 12.5. The quantitative estimate of drug-likeness (QED) is 0.728. The molecule has 1 atom stereocenters. The lowest BCUT2D eigenvalue weighted by molar-refractivity contribution is -0.121. The van der Waals surface area contributed by atoms with Crippen molar-refractivity contribution in [1.29, 1.82) is 0 Å². The predicted molar refractivity (Wildman–Crippen MR) is 95.2 cm³/mol. The molecule has 0 saturated heterocycles. The number of halogens is 1. The molecular formula is C19H18ClN3O2. The van der Waals surface area contributed by atoms with Crippen LogP contribution in [0.25, 0.3) is 0 Å². The van der Waals surface area contributed by atoms with Gasteiger partial charge in [0, 0.05) is 24.3 Å². The minimum atomic E-state index is -0.123. The van der Waals surface area contributed by atoms with Gasteiger partial charge in [0.25, 0.3) is 0 Å². The molecule has 5 nitrogen and oxygen atoms in total. The second-order valence-corrected chi connectivity index (χ2v) is 6.10. The van der Waals surface area contributed by atoms with E-state index in [9.17, 15) is 4.79 Å². The summed E-state index contributed by atoms with van der Waals surface area (Å²) in [6.07, 6.45) is 0.282. The summed E-state index contributed by atoms with van der Waals surface area (Å²) in [6.45, 7) is 1.95. The highest BCUT2D eigenvalue weighted by molar-refractivity contribution is 6.31. The summed E-state index contributed by atoms with van der Waals surface area (Å²) in [5.74, 6) is 0.709. The van der Waals surface area contributed by atoms with Crippen LogP contribution in [0.1, 0.15) is 35.2 Å². The maximum Gasteiger partial charge on any atom is 0.223 e. The van der Waals surface area contributed by atoms with Gasteiger partial charge in [0.1, 0.15) is 0 Å². The number of benzene rings is 2. The minimum Gasteiger partial charge on any atom is -0.349 e. The first-order valence-corrected chi connectivity index (χ1v) is 8.36. The largest absolute Gasteiger partial charge is 0.349 e. The SMILES string of the molecule is Cc1nc(CNC(=O)C[C@H](c2ccccc2)c2ccccc2Cl)no1. The number of amides is 1. The Morgan fingerprint density at radius 3 is 2.56 bits per heavy atom. The predicted octanol–water partition coefficient (Wildman–Crippen LogP) is 3.87. The van der Waals surface area contributed by atoms with Gasteiger partial charge in [-0.05, 0) is 17.2 Å². The first-order chi connectivity index (χ1) is 12.1. The molecule has 1 aromatic heterocycles. The van der Waals surface area contributed by atoms with E-state index in [1.807, 2.05) is 54.6 Å². The highest BCUT2D eigenvalue weighted by atomic mass is 35.5. The van der Waals surface area contributed by atoms with Crippen molar-refractivity contribution < 1.29 is 9.32 Å². The molecule has 2 aromatic carbocycles. The Morgan fingerprint density at radius 1 is 1.16 bits per heavy atom. The van der Waals surface area contributed by atoms with Gasteiger partial charge < -0.3 is 9.84 Å². The summed E-state index contributed by atoms with van der Waals surface area (Å²) < 4.78 is 4.90. The molecule has 0 aliphatic rings. The smallest absolute Gasteiger partial charge is 0.223 e. The standard InChI is InChI=1S/C19H18ClN3O2/c1-13-22-18(23-25-13)12-21-19(24)11-16(14-7-3-2-4-8-14)15-9-5-6-10-17(15)20/h2-10,16H,11-12H2,1H3,(H,21,24)/t16-/m1/s1. The highest BCUT2D eigenvalue weighted by Crippen LogP contribution is 2.32. The molecule has 0 saturated carbocycles. The van der Waals surface area contributed by atoms with Crippen LogP contribution in [0.3, 0.4) is 0 Å². The number of hydrogen-bond acceptors (Lipinski definition) is 4. The fourth-order valence-electron chi connectivity index (χ4n) is 2.70. The number of nitrogens with zero attached hydrogens (tertiary/aromatic N) is 2. The van der Waals surface area contributed by atoms with Crippen molar-refractivity contribution >= 4 is 17.5 Å². The van der Waals surface area contributed by atoms with Crippen LogP contribution in [0.2, 0.25) is 5.02 Å². The van der Waals surface area contributed by atoms with Crippen LogP contribution in [0.5, 0.6) is 0 Å². The van der Waals surface area contributed by atoms with E-state index in [0.717, 1.165) is 11.1 Å². The van der Waals surface area contributed by atoms with E-state index in [-0.39, 0.29) is 24.8 Å². The Bertz CT molecular complexity index is 849. The fourth-order valence-corrected chi connectivity index (χ4v) is 2.97. The third-order valence-corrected chi connectivity index (χ3v) is 4.23. The van der Waals surface area contributed by atoms with E-state index in [0.29, 0.717) is 16.7 Å². The third-order valence-electron chi connectivity index (χ3n) is 3.89. The lowest BCUT2D eigenvalue weighted by atomic mass is 9.88. The van der Waals surface area contributed by atoms with Crippen LogP contribution in [-0.2, 0) is 11.3 Å². The van der Waals surface area contributed by atoms with Crippen LogP contribution in [0.4, 0.5) is 0 Å². The van der Waals surface area contributed by atoms with Gasteiger partial charge in [0.05, 0.1) is 6.54 Å². The van der Waals surface area contributed by atoms with Gasteiger partial charge >= 0.3 is 0 Å². The molecule has 128 valence electrons. The maximum absolute atomic E-state index is 12.5. The van der Waals surface area contributed by atoms with E-state index < -0.39 is 0 Å². The van der Waals surface area contributed by atoms with Gasteiger partial charge in [-0.2, -0.15) is 4.98 Å². The first-order valence-electron chi connectivity index (χ1n) is 7.98. The van der Waals surface area contributed by atoms with Crippen molar-refractivity contribution in [3.63, 3.8) is 0 Å². The van der Waals surface area contributed by atoms with Crippen LogP contribution < -0.4 is 5.32 Å². The molecule has 0 aliphatic heterocycles. The second-order valence-electron chi connectivity index (χ2n) is 5.70. The molecule has 3 rings (SSSR count). The molecule has 0 spiro atoms. The Labute approximate surface area is 151 Å². The molecule has 0 aliphatic carbocycles. The summed E-state index contributed by atoms with van der Waals surface area (Å²) >= 11 is 6.36. The summed E-state index contributed by atoms with van der Waals surface area (Å²) in [6, 6.07) is 17.5. The van der Waals surface area contributed by atoms with Crippen molar-refractivity contribution in [3.8, 4) is 0 Å². The Kier molecular flexibility index (Phi) is 5.46. The van der Waals surface area contributed by atoms with E-state index in [2.05, 4.69) is 15.5 Å². The molecule has 3 aromatic rings. The van der Waals surface area contributed by atoms with Crippen molar-refractivity contribution in [2.75, 3.05) is 0 Å². The first kappa shape index (κ1) is 17.2. The molecule has 1 heterocycles. The second kappa shape index (κ2) is 7.94. The highest BCUT2D eigenvalue weighted by Gasteiger charge is 2.20. The van der Waals surface area contributed by atoms with E-state index in [1.54, 1.807) is 6.92 Å². The van der Waals surface area contributed by atoms with E-state index in [4.69, 9.17) is 16.1 Å². The van der Waals surface area contributed by atoms with E-state index in [1.165, 1.54) is 0 Å². The third kappa shape index (κ3) is 4.45. The molecule has 0 unspecified atom stereocenters. The number of hydrogen-bond donors (Lipinski definition) is 1. The summed E-state index contributed by atoms with van der Waals surface area (Å²) in [5.41, 5.74) is 1.97. The molecule has 25 heavy (non-hydrogen) atoms. The van der Waals surface area contributed by atoms with Gasteiger partial charge in [-0.25, -0.2) is 0 Å². The number of rotatable bonds is 6. The number of nitrogens with one attached hydrogen (secondary N) is 1. The summed E-state index contributed by atoms with van der Waals surface area (Å²) in [7, 11) is 0. The van der Waals surface area contributed by atoms with Crippen molar-refractivity contribution in [1.82, 2.24) is 15.5 Å². The molecule has 0 fully saturated rings. The zero-order valence-electron chi connectivity index (χ0n) is 13.8. The zero-order valence-corrected chi connectivity index (χ0v) is 14.5. The number of carbonyl (C=O) groups excluding carboxylic acids is 1. The van der Waals surface area contributed by atoms with Gasteiger partial charge in [-0.1, -0.05) is 65.3 Å². The number of aryl methyl sites for hydroxylation is 1. The molecular weight excluding hydrogens is 338 g/mol. The fraction of sp³-hybridized carbons (Fsp3) is 0.211. The Balaban J connectivity index is 1.76. The van der Waals surface area contributed by atoms with Gasteiger partial charge in [0.15, 0.2) is 5.82 Å². The topological polar surface area (TPSA) is 68.0 Å². The molecule has 0 bridgehead atoms. The molecule has 0 radical (unpaired) electrons. The van der Waals surface area contributed by atoms with Gasteiger partial charge in [-0.3, -0.25) is 4.79 Å². The lowest BCUT2D eigenvalue weighted by Gasteiger charge is -2.19. The van der Waals surface area contributed by atoms with Crippen molar-refractivity contribution in [2.24, 2.45) is 0 Å². The van der Waals surface area contributed by atoms with Gasteiger partial charge in [0.2, 0.25) is 11.8 Å². The number of carbonyl (C=O) groups is 1. The van der Waals surface area contributed by atoms with E-state index >= 15 is 0 Å². The Hall–Kier alpha value is -2.66. The van der Waals surface area contributed by atoms with Crippen LogP contribution in [-0.4, -0.2) is 16.0 Å².